The zero-order valence-corrected chi connectivity index (χ0v) is 20.3. The van der Waals surface area contributed by atoms with E-state index in [-0.39, 0.29) is 24.0 Å². The van der Waals surface area contributed by atoms with E-state index in [4.69, 9.17) is 25.8 Å². The summed E-state index contributed by atoms with van der Waals surface area (Å²) in [4.78, 5) is 4.67. The smallest absolute Gasteiger partial charge is 0.191 e. The maximum absolute atomic E-state index is 5.93. The third-order valence-electron chi connectivity index (χ3n) is 4.16. The molecule has 160 valence electrons. The normalized spacial score (nSPS) is 10.7. The van der Waals surface area contributed by atoms with Gasteiger partial charge in [-0.15, -0.1) is 24.0 Å². The molecule has 0 unspecified atom stereocenters. The summed E-state index contributed by atoms with van der Waals surface area (Å²) < 4.78 is 16.2. The minimum Gasteiger partial charge on any atom is -0.496 e. The summed E-state index contributed by atoms with van der Waals surface area (Å²) in [6.45, 7) is 4.01. The van der Waals surface area contributed by atoms with Crippen molar-refractivity contribution in [1.29, 1.82) is 0 Å². The van der Waals surface area contributed by atoms with E-state index in [9.17, 15) is 0 Å². The van der Waals surface area contributed by atoms with E-state index >= 15 is 0 Å². The number of hydrogen-bond acceptors (Lipinski definition) is 4. The number of nitrogens with one attached hydrogen (secondary N) is 2. The molecule has 0 bridgehead atoms. The van der Waals surface area contributed by atoms with Crippen molar-refractivity contribution < 1.29 is 14.2 Å². The SMILES string of the molecule is CCNC(=NCc1cc(OC)c(OC)cc1OC)NCCc1ccc(Cl)cc1.I. The van der Waals surface area contributed by atoms with Crippen LogP contribution in [-0.4, -0.2) is 40.4 Å². The third-order valence-corrected chi connectivity index (χ3v) is 4.41. The van der Waals surface area contributed by atoms with Gasteiger partial charge in [0, 0.05) is 29.7 Å². The summed E-state index contributed by atoms with van der Waals surface area (Å²) in [7, 11) is 4.84. The van der Waals surface area contributed by atoms with Gasteiger partial charge in [-0.25, -0.2) is 4.99 Å². The molecule has 2 aromatic rings. The van der Waals surface area contributed by atoms with Crippen LogP contribution in [0.1, 0.15) is 18.1 Å². The van der Waals surface area contributed by atoms with Crippen molar-refractivity contribution in [3.05, 3.63) is 52.5 Å². The lowest BCUT2D eigenvalue weighted by molar-refractivity contribution is 0.347. The third kappa shape index (κ3) is 7.81. The molecule has 8 heteroatoms. The van der Waals surface area contributed by atoms with Crippen molar-refractivity contribution in [1.82, 2.24) is 10.6 Å². The Morgan fingerprint density at radius 1 is 0.931 bits per heavy atom. The number of hydrogen-bond donors (Lipinski definition) is 2. The quantitative estimate of drug-likeness (QED) is 0.286. The van der Waals surface area contributed by atoms with Gasteiger partial charge in [0.15, 0.2) is 17.5 Å². The van der Waals surface area contributed by atoms with Crippen molar-refractivity contribution >= 4 is 41.5 Å². The molecular weight excluding hydrogens is 505 g/mol. The molecule has 2 rings (SSSR count). The van der Waals surface area contributed by atoms with Gasteiger partial charge in [0.25, 0.3) is 0 Å². The Kier molecular flexibility index (Phi) is 11.6. The minimum absolute atomic E-state index is 0. The highest BCUT2D eigenvalue weighted by Crippen LogP contribution is 2.34. The first kappa shape index (κ1) is 25.2. The van der Waals surface area contributed by atoms with Crippen LogP contribution in [0.2, 0.25) is 5.02 Å². The molecule has 0 aliphatic heterocycles. The molecule has 0 aliphatic carbocycles. The summed E-state index contributed by atoms with van der Waals surface area (Å²) in [6.07, 6.45) is 0.876. The average Bonchev–Trinajstić information content (AvgIpc) is 2.72. The summed E-state index contributed by atoms with van der Waals surface area (Å²) in [5.74, 6) is 2.72. The van der Waals surface area contributed by atoms with Crippen LogP contribution < -0.4 is 24.8 Å². The fourth-order valence-corrected chi connectivity index (χ4v) is 2.82. The Balaban J connectivity index is 0.00000420. The zero-order valence-electron chi connectivity index (χ0n) is 17.3. The average molecular weight is 534 g/mol. The second kappa shape index (κ2) is 13.4. The van der Waals surface area contributed by atoms with Gasteiger partial charge in [0.05, 0.1) is 27.9 Å². The first-order valence-electron chi connectivity index (χ1n) is 9.16. The Morgan fingerprint density at radius 3 is 2.14 bits per heavy atom. The highest BCUT2D eigenvalue weighted by molar-refractivity contribution is 14.0. The first-order valence-corrected chi connectivity index (χ1v) is 9.54. The second-order valence-electron chi connectivity index (χ2n) is 6.02. The molecule has 0 aromatic heterocycles. The largest absolute Gasteiger partial charge is 0.496 e. The lowest BCUT2D eigenvalue weighted by Crippen LogP contribution is -2.38. The van der Waals surface area contributed by atoms with Crippen LogP contribution >= 0.6 is 35.6 Å². The summed E-state index contributed by atoms with van der Waals surface area (Å²) >= 11 is 5.93. The summed E-state index contributed by atoms with van der Waals surface area (Å²) in [6, 6.07) is 11.6. The number of aliphatic imine (C=N–C) groups is 1. The fourth-order valence-electron chi connectivity index (χ4n) is 2.70. The lowest BCUT2D eigenvalue weighted by Gasteiger charge is -2.14. The number of benzene rings is 2. The van der Waals surface area contributed by atoms with Crippen molar-refractivity contribution in [2.45, 2.75) is 19.9 Å². The molecule has 0 fully saturated rings. The van der Waals surface area contributed by atoms with E-state index in [0.717, 1.165) is 36.1 Å². The monoisotopic (exact) mass is 533 g/mol. The first-order chi connectivity index (χ1) is 13.6. The number of halogens is 2. The van der Waals surface area contributed by atoms with Crippen LogP contribution in [0.15, 0.2) is 41.4 Å². The van der Waals surface area contributed by atoms with Gasteiger partial charge in [0.1, 0.15) is 5.75 Å². The maximum Gasteiger partial charge on any atom is 0.191 e. The topological polar surface area (TPSA) is 64.1 Å². The van der Waals surface area contributed by atoms with Crippen LogP contribution in [0, 0.1) is 0 Å². The Labute approximate surface area is 195 Å². The predicted octanol–water partition coefficient (Wildman–Crippen LogP) is 4.28. The summed E-state index contributed by atoms with van der Waals surface area (Å²) in [5.41, 5.74) is 2.13. The van der Waals surface area contributed by atoms with Crippen molar-refractivity contribution in [2.24, 2.45) is 4.99 Å². The number of guanidine groups is 1. The van der Waals surface area contributed by atoms with E-state index in [1.54, 1.807) is 21.3 Å². The van der Waals surface area contributed by atoms with Gasteiger partial charge >= 0.3 is 0 Å². The zero-order chi connectivity index (χ0) is 20.4. The van der Waals surface area contributed by atoms with Gasteiger partial charge in [-0.3, -0.25) is 0 Å². The standard InChI is InChI=1S/C21H28ClN3O3.HI/c1-5-23-21(24-11-10-15-6-8-17(22)9-7-15)25-14-16-12-19(27-3)20(28-4)13-18(16)26-2;/h6-9,12-13H,5,10-11,14H2,1-4H3,(H2,23,24,25);1H. The minimum atomic E-state index is 0. The molecule has 0 atom stereocenters. The molecular formula is C21H29ClIN3O3. The van der Waals surface area contributed by atoms with Crippen molar-refractivity contribution in [2.75, 3.05) is 34.4 Å². The Hall–Kier alpha value is -1.87. The van der Waals surface area contributed by atoms with Gasteiger partial charge in [-0.05, 0) is 37.1 Å². The predicted molar refractivity (Wildman–Crippen MR) is 129 cm³/mol. The number of methoxy groups -OCH3 is 3. The van der Waals surface area contributed by atoms with E-state index < -0.39 is 0 Å². The van der Waals surface area contributed by atoms with Crippen LogP contribution in [0.5, 0.6) is 17.2 Å². The second-order valence-corrected chi connectivity index (χ2v) is 6.45. The lowest BCUT2D eigenvalue weighted by atomic mass is 10.1. The highest BCUT2D eigenvalue weighted by Gasteiger charge is 2.11. The molecule has 6 nitrogen and oxygen atoms in total. The fraction of sp³-hybridized carbons (Fsp3) is 0.381. The molecule has 0 aliphatic rings. The van der Waals surface area contributed by atoms with Gasteiger partial charge in [-0.2, -0.15) is 0 Å². The van der Waals surface area contributed by atoms with E-state index in [1.165, 1.54) is 5.56 Å². The van der Waals surface area contributed by atoms with E-state index in [0.29, 0.717) is 23.8 Å². The molecule has 0 amide bonds. The van der Waals surface area contributed by atoms with Crippen LogP contribution in [-0.2, 0) is 13.0 Å². The van der Waals surface area contributed by atoms with E-state index in [2.05, 4.69) is 15.6 Å². The number of nitrogens with zero attached hydrogens (tertiary/aromatic N) is 1. The number of rotatable bonds is 9. The Morgan fingerprint density at radius 2 is 1.55 bits per heavy atom. The molecule has 2 aromatic carbocycles. The molecule has 0 saturated carbocycles. The molecule has 0 saturated heterocycles. The van der Waals surface area contributed by atoms with Crippen molar-refractivity contribution in [3.63, 3.8) is 0 Å². The van der Waals surface area contributed by atoms with Crippen LogP contribution in [0.3, 0.4) is 0 Å². The van der Waals surface area contributed by atoms with Crippen molar-refractivity contribution in [3.8, 4) is 17.2 Å². The molecule has 29 heavy (non-hydrogen) atoms. The van der Waals surface area contributed by atoms with Crippen LogP contribution in [0.25, 0.3) is 0 Å². The van der Waals surface area contributed by atoms with Gasteiger partial charge in [0.2, 0.25) is 0 Å². The van der Waals surface area contributed by atoms with Gasteiger partial charge in [-0.1, -0.05) is 23.7 Å². The Bertz CT molecular complexity index is 785. The number of ether oxygens (including phenoxy) is 3. The van der Waals surface area contributed by atoms with Crippen LogP contribution in [0.4, 0.5) is 0 Å². The molecule has 0 radical (unpaired) electrons. The summed E-state index contributed by atoms with van der Waals surface area (Å²) in [5, 5.41) is 7.36. The molecule has 0 spiro atoms. The molecule has 2 N–H and O–H groups in total. The maximum atomic E-state index is 5.93. The van der Waals surface area contributed by atoms with E-state index in [1.807, 2.05) is 43.3 Å². The highest BCUT2D eigenvalue weighted by atomic mass is 127. The van der Waals surface area contributed by atoms with Gasteiger partial charge < -0.3 is 24.8 Å². The molecule has 0 heterocycles.